The highest BCUT2D eigenvalue weighted by Crippen LogP contribution is 2.42. The lowest BCUT2D eigenvalue weighted by Gasteiger charge is -2.29. The molecule has 2 aliphatic rings. The van der Waals surface area contributed by atoms with E-state index in [0.29, 0.717) is 5.92 Å². The summed E-state index contributed by atoms with van der Waals surface area (Å²) in [5, 5.41) is 0. The van der Waals surface area contributed by atoms with Gasteiger partial charge in [0.2, 0.25) is 0 Å². The molecule has 1 saturated carbocycles. The Morgan fingerprint density at radius 1 is 1.22 bits per heavy atom. The zero-order chi connectivity index (χ0) is 16.1. The van der Waals surface area contributed by atoms with Gasteiger partial charge in [0.15, 0.2) is 0 Å². The minimum absolute atomic E-state index is 0.700. The molecule has 2 unspecified atom stereocenters. The molecule has 2 aliphatic carbocycles. The second-order valence-electron chi connectivity index (χ2n) is 7.19. The fourth-order valence-electron chi connectivity index (χ4n) is 4.01. The van der Waals surface area contributed by atoms with Gasteiger partial charge in [0.25, 0.3) is 0 Å². The van der Waals surface area contributed by atoms with E-state index in [-0.39, 0.29) is 0 Å². The molecule has 122 valence electrons. The van der Waals surface area contributed by atoms with Gasteiger partial charge >= 0.3 is 0 Å². The van der Waals surface area contributed by atoms with E-state index >= 15 is 0 Å². The SMILES string of the molecule is C=C(CCCCC)C1CCC2C=C(Cc3ccncc3)C=C2C1. The van der Waals surface area contributed by atoms with Crippen molar-refractivity contribution in [2.75, 3.05) is 0 Å². The van der Waals surface area contributed by atoms with Crippen LogP contribution < -0.4 is 0 Å². The number of nitrogens with zero attached hydrogens (tertiary/aromatic N) is 1. The third kappa shape index (κ3) is 4.22. The summed E-state index contributed by atoms with van der Waals surface area (Å²) in [7, 11) is 0. The summed E-state index contributed by atoms with van der Waals surface area (Å²) in [6, 6.07) is 4.25. The van der Waals surface area contributed by atoms with Gasteiger partial charge in [-0.1, -0.05) is 49.6 Å². The van der Waals surface area contributed by atoms with Crippen molar-refractivity contribution < 1.29 is 0 Å². The van der Waals surface area contributed by atoms with Crippen LogP contribution in [-0.2, 0) is 6.42 Å². The number of fused-ring (bicyclic) bond motifs is 1. The molecule has 0 spiro atoms. The van der Waals surface area contributed by atoms with Gasteiger partial charge in [-0.3, -0.25) is 4.98 Å². The van der Waals surface area contributed by atoms with Crippen LogP contribution >= 0.6 is 0 Å². The van der Waals surface area contributed by atoms with Crippen molar-refractivity contribution in [1.29, 1.82) is 0 Å². The van der Waals surface area contributed by atoms with Gasteiger partial charge in [-0.05, 0) is 73.6 Å². The molecule has 1 fully saturated rings. The van der Waals surface area contributed by atoms with Crippen LogP contribution in [0.2, 0.25) is 0 Å². The molecular weight excluding hydrogens is 278 g/mol. The van der Waals surface area contributed by atoms with Crippen molar-refractivity contribution in [2.45, 2.75) is 58.3 Å². The lowest BCUT2D eigenvalue weighted by molar-refractivity contribution is 0.418. The highest BCUT2D eigenvalue weighted by atomic mass is 14.6. The van der Waals surface area contributed by atoms with E-state index in [9.17, 15) is 0 Å². The Hall–Kier alpha value is -1.63. The first kappa shape index (κ1) is 16.2. The minimum Gasteiger partial charge on any atom is -0.265 e. The molecular formula is C22H29N. The summed E-state index contributed by atoms with van der Waals surface area (Å²) in [5.41, 5.74) is 6.01. The molecule has 1 heteroatoms. The van der Waals surface area contributed by atoms with Crippen molar-refractivity contribution in [2.24, 2.45) is 11.8 Å². The van der Waals surface area contributed by atoms with Crippen molar-refractivity contribution in [1.82, 2.24) is 4.98 Å². The van der Waals surface area contributed by atoms with E-state index in [4.69, 9.17) is 0 Å². The maximum Gasteiger partial charge on any atom is 0.0270 e. The normalized spacial score (nSPS) is 23.2. The lowest BCUT2D eigenvalue weighted by atomic mass is 9.76. The number of allylic oxidation sites excluding steroid dienone is 5. The number of hydrogen-bond donors (Lipinski definition) is 0. The third-order valence-electron chi connectivity index (χ3n) is 5.41. The van der Waals surface area contributed by atoms with Crippen LogP contribution in [-0.4, -0.2) is 4.98 Å². The largest absolute Gasteiger partial charge is 0.265 e. The van der Waals surface area contributed by atoms with Crippen molar-refractivity contribution >= 4 is 0 Å². The summed E-state index contributed by atoms with van der Waals surface area (Å²) in [6.45, 7) is 6.67. The first-order valence-corrected chi connectivity index (χ1v) is 9.24. The lowest BCUT2D eigenvalue weighted by Crippen LogP contribution is -2.16. The Morgan fingerprint density at radius 3 is 2.83 bits per heavy atom. The number of pyridine rings is 1. The van der Waals surface area contributed by atoms with Gasteiger partial charge < -0.3 is 0 Å². The molecule has 23 heavy (non-hydrogen) atoms. The fourth-order valence-corrected chi connectivity index (χ4v) is 4.01. The Bertz CT molecular complexity index is 594. The van der Waals surface area contributed by atoms with Crippen molar-refractivity contribution in [3.63, 3.8) is 0 Å². The van der Waals surface area contributed by atoms with Crippen molar-refractivity contribution in [3.05, 3.63) is 65.5 Å². The maximum absolute atomic E-state index is 4.40. The summed E-state index contributed by atoms with van der Waals surface area (Å²) >= 11 is 0. The topological polar surface area (TPSA) is 12.9 Å². The molecule has 2 atom stereocenters. The molecule has 3 rings (SSSR count). The Labute approximate surface area is 141 Å². The van der Waals surface area contributed by atoms with Crippen LogP contribution in [0.3, 0.4) is 0 Å². The standard InChI is InChI=1S/C22H29N/c1-3-4-5-6-17(2)20-7-8-21-14-19(15-22(21)16-20)13-18-9-11-23-12-10-18/h9-12,14-15,20-21H,2-8,13,16H2,1H3. The quantitative estimate of drug-likeness (QED) is 0.442. The van der Waals surface area contributed by atoms with E-state index in [2.05, 4.69) is 42.8 Å². The molecule has 1 nitrogen and oxygen atoms in total. The average molecular weight is 307 g/mol. The third-order valence-corrected chi connectivity index (χ3v) is 5.41. The smallest absolute Gasteiger partial charge is 0.0270 e. The first-order chi connectivity index (χ1) is 11.3. The Kier molecular flexibility index (Phi) is 5.48. The van der Waals surface area contributed by atoms with E-state index in [0.717, 1.165) is 12.3 Å². The van der Waals surface area contributed by atoms with E-state index in [1.807, 2.05) is 12.4 Å². The van der Waals surface area contributed by atoms with Gasteiger partial charge in [-0.25, -0.2) is 0 Å². The summed E-state index contributed by atoms with van der Waals surface area (Å²) < 4.78 is 0. The second-order valence-corrected chi connectivity index (χ2v) is 7.19. The van der Waals surface area contributed by atoms with Gasteiger partial charge in [0.05, 0.1) is 0 Å². The highest BCUT2D eigenvalue weighted by Gasteiger charge is 2.28. The zero-order valence-electron chi connectivity index (χ0n) is 14.4. The summed E-state index contributed by atoms with van der Waals surface area (Å²) in [6.07, 6.45) is 18.9. The molecule has 0 amide bonds. The predicted octanol–water partition coefficient (Wildman–Crippen LogP) is 6.04. The van der Waals surface area contributed by atoms with Crippen LogP contribution in [0.25, 0.3) is 0 Å². The van der Waals surface area contributed by atoms with Crippen LogP contribution in [0.1, 0.15) is 57.4 Å². The minimum atomic E-state index is 0.700. The highest BCUT2D eigenvalue weighted by molar-refractivity contribution is 5.40. The molecule has 1 aromatic heterocycles. The van der Waals surface area contributed by atoms with Crippen LogP contribution in [0, 0.1) is 11.8 Å². The molecule has 0 radical (unpaired) electrons. The van der Waals surface area contributed by atoms with Gasteiger partial charge in [-0.15, -0.1) is 0 Å². The van der Waals surface area contributed by atoms with Gasteiger partial charge in [-0.2, -0.15) is 0 Å². The predicted molar refractivity (Wildman–Crippen MR) is 98.2 cm³/mol. The molecule has 0 saturated heterocycles. The fraction of sp³-hybridized carbons (Fsp3) is 0.500. The van der Waals surface area contributed by atoms with Crippen molar-refractivity contribution in [3.8, 4) is 0 Å². The Balaban J connectivity index is 1.57. The maximum atomic E-state index is 4.40. The molecule has 0 aliphatic heterocycles. The molecule has 1 heterocycles. The molecule has 0 aromatic carbocycles. The number of hydrogen-bond acceptors (Lipinski definition) is 1. The zero-order valence-corrected chi connectivity index (χ0v) is 14.4. The van der Waals surface area contributed by atoms with Gasteiger partial charge in [0, 0.05) is 12.4 Å². The molecule has 1 aromatic rings. The molecule has 0 bridgehead atoms. The number of unbranched alkanes of at least 4 members (excludes halogenated alkanes) is 2. The van der Waals surface area contributed by atoms with Crippen LogP contribution in [0.15, 0.2) is 60.0 Å². The molecule has 0 N–H and O–H groups in total. The van der Waals surface area contributed by atoms with Gasteiger partial charge in [0.1, 0.15) is 0 Å². The summed E-state index contributed by atoms with van der Waals surface area (Å²) in [4.78, 5) is 4.11. The first-order valence-electron chi connectivity index (χ1n) is 9.24. The monoisotopic (exact) mass is 307 g/mol. The average Bonchev–Trinajstić information content (AvgIpc) is 2.97. The number of aromatic nitrogens is 1. The van der Waals surface area contributed by atoms with Crippen LogP contribution in [0.5, 0.6) is 0 Å². The van der Waals surface area contributed by atoms with E-state index < -0.39 is 0 Å². The Morgan fingerprint density at radius 2 is 2.04 bits per heavy atom. The van der Waals surface area contributed by atoms with E-state index in [1.165, 1.54) is 61.7 Å². The number of rotatable bonds is 7. The summed E-state index contributed by atoms with van der Waals surface area (Å²) in [5.74, 6) is 1.43. The van der Waals surface area contributed by atoms with Crippen LogP contribution in [0.4, 0.5) is 0 Å². The van der Waals surface area contributed by atoms with E-state index in [1.54, 1.807) is 5.57 Å². The second kappa shape index (κ2) is 7.77.